The van der Waals surface area contributed by atoms with Crippen molar-refractivity contribution >= 4 is 35.5 Å². The first-order valence-corrected chi connectivity index (χ1v) is 18.7. The zero-order valence-electron chi connectivity index (χ0n) is 29.4. The van der Waals surface area contributed by atoms with Crippen LogP contribution in [0.1, 0.15) is 103 Å². The standard InChI is InChI=1S/C38H53N5O7/c1-37(2)26-21-43(30(28(26)37)33(46)40-27(20-23-16-17-23)31(44)32(39)45)34(47)29(25-14-8-4-9-15-25)41-36(49)42-38(18-10-5-11-19-38)35(48)50-22-24-12-6-3-7-13-24/h3,6-7,12-13,23,25-30H,4-5,8-11,14-22H2,1-2H3,(H2,39,45)(H,40,46)(H2,41,42,49)/t26-,27?,28-,29-,30-/m0/s1. The highest BCUT2D eigenvalue weighted by Crippen LogP contribution is 2.65. The zero-order chi connectivity index (χ0) is 35.6. The molecule has 0 spiro atoms. The fourth-order valence-corrected chi connectivity index (χ4v) is 8.98. The van der Waals surface area contributed by atoms with E-state index in [1.165, 1.54) is 0 Å². The van der Waals surface area contributed by atoms with Gasteiger partial charge in [-0.05, 0) is 66.8 Å². The number of benzene rings is 1. The Morgan fingerprint density at radius 3 is 2.20 bits per heavy atom. The van der Waals surface area contributed by atoms with Gasteiger partial charge in [0.25, 0.3) is 5.91 Å². The minimum atomic E-state index is -1.21. The average molecular weight is 692 g/mol. The zero-order valence-corrected chi connectivity index (χ0v) is 29.4. The van der Waals surface area contributed by atoms with E-state index in [0.717, 1.165) is 69.8 Å². The van der Waals surface area contributed by atoms with E-state index in [9.17, 15) is 28.8 Å². The van der Waals surface area contributed by atoms with Crippen LogP contribution >= 0.6 is 0 Å². The number of ketones is 1. The molecule has 5 amide bonds. The van der Waals surface area contributed by atoms with Crippen molar-refractivity contribution in [1.29, 1.82) is 0 Å². The molecule has 4 aliphatic carbocycles. The van der Waals surface area contributed by atoms with E-state index in [4.69, 9.17) is 10.5 Å². The van der Waals surface area contributed by atoms with Crippen molar-refractivity contribution in [2.24, 2.45) is 34.8 Å². The summed E-state index contributed by atoms with van der Waals surface area (Å²) in [5, 5.41) is 8.76. The van der Waals surface area contributed by atoms with Crippen molar-refractivity contribution in [3.63, 3.8) is 0 Å². The van der Waals surface area contributed by atoms with E-state index in [1.807, 2.05) is 30.3 Å². The number of carbonyl (C=O) groups excluding carboxylic acids is 6. The summed E-state index contributed by atoms with van der Waals surface area (Å²) < 4.78 is 5.74. The number of amides is 5. The third-order valence-electron chi connectivity index (χ3n) is 12.2. The molecule has 6 rings (SSSR count). The number of nitrogens with one attached hydrogen (secondary N) is 3. The quantitative estimate of drug-likeness (QED) is 0.181. The predicted molar refractivity (Wildman–Crippen MR) is 184 cm³/mol. The molecule has 5 atom stereocenters. The van der Waals surface area contributed by atoms with Crippen LogP contribution in [0.3, 0.4) is 0 Å². The Kier molecular flexibility index (Phi) is 10.6. The first kappa shape index (κ1) is 35.9. The number of urea groups is 1. The number of esters is 1. The molecule has 12 heteroatoms. The lowest BCUT2D eigenvalue weighted by Gasteiger charge is -2.39. The Hall–Kier alpha value is -3.96. The summed E-state index contributed by atoms with van der Waals surface area (Å²) in [6, 6.07) is 6.01. The number of carbonyl (C=O) groups is 6. The largest absolute Gasteiger partial charge is 0.459 e. The lowest BCUT2D eigenvalue weighted by atomic mass is 9.81. The van der Waals surface area contributed by atoms with E-state index in [-0.39, 0.29) is 41.6 Å². The molecule has 1 unspecified atom stereocenters. The Balaban J connectivity index is 1.19. The van der Waals surface area contributed by atoms with Gasteiger partial charge >= 0.3 is 12.0 Å². The maximum Gasteiger partial charge on any atom is 0.332 e. The van der Waals surface area contributed by atoms with Gasteiger partial charge in [-0.3, -0.25) is 19.2 Å². The Morgan fingerprint density at radius 1 is 0.900 bits per heavy atom. The Morgan fingerprint density at radius 2 is 1.56 bits per heavy atom. The minimum Gasteiger partial charge on any atom is -0.459 e. The van der Waals surface area contributed by atoms with Crippen LogP contribution in [-0.2, 0) is 35.3 Å². The third kappa shape index (κ3) is 7.68. The summed E-state index contributed by atoms with van der Waals surface area (Å²) in [7, 11) is 0. The molecule has 1 aliphatic heterocycles. The molecular formula is C38H53N5O7. The molecule has 0 radical (unpaired) electrons. The van der Waals surface area contributed by atoms with Crippen LogP contribution in [0.25, 0.3) is 0 Å². The van der Waals surface area contributed by atoms with Crippen molar-refractivity contribution in [3.8, 4) is 0 Å². The third-order valence-corrected chi connectivity index (χ3v) is 12.2. The molecule has 5 fully saturated rings. The topological polar surface area (TPSA) is 177 Å². The smallest absolute Gasteiger partial charge is 0.332 e. The van der Waals surface area contributed by atoms with Gasteiger partial charge in [0.1, 0.15) is 24.2 Å². The molecule has 0 aromatic heterocycles. The van der Waals surface area contributed by atoms with Crippen LogP contribution in [0.2, 0.25) is 0 Å². The van der Waals surface area contributed by atoms with Crippen LogP contribution in [0.4, 0.5) is 4.79 Å². The van der Waals surface area contributed by atoms with Crippen molar-refractivity contribution in [2.75, 3.05) is 6.54 Å². The van der Waals surface area contributed by atoms with Crippen LogP contribution < -0.4 is 21.7 Å². The number of rotatable bonds is 13. The molecule has 1 aromatic rings. The molecule has 0 bridgehead atoms. The molecule has 5 N–H and O–H groups in total. The summed E-state index contributed by atoms with van der Waals surface area (Å²) in [5.74, 6) is -3.13. The summed E-state index contributed by atoms with van der Waals surface area (Å²) in [4.78, 5) is 82.3. The fourth-order valence-electron chi connectivity index (χ4n) is 8.98. The number of likely N-dealkylation sites (tertiary alicyclic amines) is 1. The molecule has 50 heavy (non-hydrogen) atoms. The minimum absolute atomic E-state index is 0.0849. The first-order valence-electron chi connectivity index (χ1n) is 18.7. The molecule has 12 nitrogen and oxygen atoms in total. The van der Waals surface area contributed by atoms with Crippen LogP contribution in [-0.4, -0.2) is 70.6 Å². The lowest BCUT2D eigenvalue weighted by molar-refractivity contribution is -0.154. The van der Waals surface area contributed by atoms with Crippen LogP contribution in [0, 0.1) is 29.1 Å². The highest BCUT2D eigenvalue weighted by Gasteiger charge is 2.70. The van der Waals surface area contributed by atoms with Gasteiger partial charge in [-0.2, -0.15) is 0 Å². The van der Waals surface area contributed by atoms with Crippen molar-refractivity contribution in [2.45, 2.75) is 128 Å². The number of fused-ring (bicyclic) bond motifs is 1. The molecule has 1 saturated heterocycles. The second-order valence-electron chi connectivity index (χ2n) is 16.0. The Bertz CT molecular complexity index is 1460. The molecular weight excluding hydrogens is 638 g/mol. The van der Waals surface area contributed by atoms with Gasteiger partial charge in [0.2, 0.25) is 17.6 Å². The van der Waals surface area contributed by atoms with Crippen molar-refractivity contribution in [3.05, 3.63) is 35.9 Å². The monoisotopic (exact) mass is 691 g/mol. The van der Waals surface area contributed by atoms with Gasteiger partial charge in [-0.25, -0.2) is 9.59 Å². The molecule has 1 heterocycles. The Labute approximate surface area is 294 Å². The van der Waals surface area contributed by atoms with Crippen molar-refractivity contribution in [1.82, 2.24) is 20.9 Å². The SMILES string of the molecule is CC1(C)[C@@H]2[C@@H](C(=O)NC(CC3CC3)C(=O)C(N)=O)N(C(=O)[C@@H](NC(=O)NC3(C(=O)OCc4ccccc4)CCCCC3)C3CCCCC3)C[C@@H]21. The molecule has 4 saturated carbocycles. The molecule has 272 valence electrons. The second-order valence-corrected chi connectivity index (χ2v) is 16.0. The van der Waals surface area contributed by atoms with Gasteiger partial charge in [-0.15, -0.1) is 0 Å². The fraction of sp³-hybridized carbons (Fsp3) is 0.684. The second kappa shape index (κ2) is 14.7. The lowest BCUT2D eigenvalue weighted by Crippen LogP contribution is -2.63. The van der Waals surface area contributed by atoms with Gasteiger partial charge in [-0.1, -0.05) is 95.5 Å². The van der Waals surface area contributed by atoms with E-state index in [2.05, 4.69) is 29.8 Å². The number of nitrogens with zero attached hydrogens (tertiary/aromatic N) is 1. The van der Waals surface area contributed by atoms with Gasteiger partial charge < -0.3 is 31.3 Å². The molecule has 1 aromatic carbocycles. The number of hydrogen-bond donors (Lipinski definition) is 4. The predicted octanol–water partition coefficient (Wildman–Crippen LogP) is 3.50. The number of piperidine rings is 1. The summed E-state index contributed by atoms with van der Waals surface area (Å²) in [6.45, 7) is 4.60. The van der Waals surface area contributed by atoms with Crippen LogP contribution in [0.15, 0.2) is 30.3 Å². The number of ether oxygens (including phenoxy) is 1. The molecule has 5 aliphatic rings. The maximum absolute atomic E-state index is 14.6. The van der Waals surface area contributed by atoms with Crippen molar-refractivity contribution < 1.29 is 33.5 Å². The highest BCUT2D eigenvalue weighted by atomic mass is 16.5. The number of Topliss-reactive ketones (excluding diaryl/α,β-unsaturated/α-hetero) is 1. The summed E-state index contributed by atoms with van der Waals surface area (Å²) in [6.07, 6.45) is 9.93. The number of hydrogen-bond acceptors (Lipinski definition) is 7. The van der Waals surface area contributed by atoms with E-state index in [1.54, 1.807) is 4.90 Å². The van der Waals surface area contributed by atoms with E-state index in [0.29, 0.717) is 25.8 Å². The van der Waals surface area contributed by atoms with E-state index < -0.39 is 53.3 Å². The normalized spacial score (nSPS) is 26.4. The number of nitrogens with two attached hydrogens (primary N) is 1. The average Bonchev–Trinajstić information content (AvgIpc) is 3.97. The maximum atomic E-state index is 14.6. The summed E-state index contributed by atoms with van der Waals surface area (Å²) in [5.41, 5.74) is 4.80. The summed E-state index contributed by atoms with van der Waals surface area (Å²) >= 11 is 0. The first-order chi connectivity index (χ1) is 23.9. The van der Waals surface area contributed by atoms with E-state index >= 15 is 0 Å². The van der Waals surface area contributed by atoms with Gasteiger partial charge in [0, 0.05) is 6.54 Å². The highest BCUT2D eigenvalue weighted by molar-refractivity contribution is 6.37. The van der Waals surface area contributed by atoms with Gasteiger partial charge in [0.15, 0.2) is 0 Å². The van der Waals surface area contributed by atoms with Gasteiger partial charge in [0.05, 0.1) is 6.04 Å². The number of primary amides is 1. The van der Waals surface area contributed by atoms with Crippen LogP contribution in [0.5, 0.6) is 0 Å².